The van der Waals surface area contributed by atoms with Crippen molar-refractivity contribution in [1.29, 1.82) is 0 Å². The van der Waals surface area contributed by atoms with Crippen LogP contribution in [0.1, 0.15) is 41.6 Å². The van der Waals surface area contributed by atoms with Gasteiger partial charge in [0.1, 0.15) is 12.4 Å². The van der Waals surface area contributed by atoms with Crippen molar-refractivity contribution in [3.63, 3.8) is 0 Å². The third-order valence-electron chi connectivity index (χ3n) is 5.22. The number of rotatable bonds is 4. The molecule has 0 radical (unpaired) electrons. The van der Waals surface area contributed by atoms with Crippen LogP contribution in [0.2, 0.25) is 0 Å². The number of carbonyl (C=O) groups is 1. The lowest BCUT2D eigenvalue weighted by Crippen LogP contribution is -2.31. The van der Waals surface area contributed by atoms with Crippen LogP contribution in [0.5, 0.6) is 5.75 Å². The number of hydrogen-bond donors (Lipinski definition) is 0. The fourth-order valence-corrected chi connectivity index (χ4v) is 3.62. The summed E-state index contributed by atoms with van der Waals surface area (Å²) in [7, 11) is 0. The molecular weight excluding hydrogens is 334 g/mol. The van der Waals surface area contributed by atoms with Crippen LogP contribution < -0.4 is 4.74 Å². The maximum absolute atomic E-state index is 12.7. The third kappa shape index (κ3) is 4.30. The normalized spacial score (nSPS) is 14.7. The summed E-state index contributed by atoms with van der Waals surface area (Å²) >= 11 is 0. The van der Waals surface area contributed by atoms with Crippen LogP contribution in [0, 0.1) is 0 Å². The minimum atomic E-state index is 0.152. The molecule has 3 nitrogen and oxygen atoms in total. The predicted octanol–water partition coefficient (Wildman–Crippen LogP) is 5.44. The first kappa shape index (κ1) is 17.6. The highest BCUT2D eigenvalue weighted by molar-refractivity contribution is 5.94. The van der Waals surface area contributed by atoms with Gasteiger partial charge in [-0.25, -0.2) is 0 Å². The van der Waals surface area contributed by atoms with Gasteiger partial charge in [0, 0.05) is 18.7 Å². The molecule has 1 heterocycles. The summed E-state index contributed by atoms with van der Waals surface area (Å²) in [6.45, 7) is 2.26. The van der Waals surface area contributed by atoms with Crippen LogP contribution in [-0.4, -0.2) is 23.9 Å². The van der Waals surface area contributed by atoms with Crippen LogP contribution >= 0.6 is 0 Å². The van der Waals surface area contributed by atoms with Crippen LogP contribution in [0.4, 0.5) is 0 Å². The SMILES string of the molecule is O=C(c1ccc(COc2ccc3ccccc3c2)cc1)N1CCCCCC1. The van der Waals surface area contributed by atoms with Crippen molar-refractivity contribution >= 4 is 16.7 Å². The quantitative estimate of drug-likeness (QED) is 0.621. The van der Waals surface area contributed by atoms with Gasteiger partial charge in [-0.2, -0.15) is 0 Å². The minimum Gasteiger partial charge on any atom is -0.489 e. The molecule has 1 aliphatic rings. The molecule has 27 heavy (non-hydrogen) atoms. The Morgan fingerprint density at radius 1 is 0.815 bits per heavy atom. The van der Waals surface area contributed by atoms with Crippen LogP contribution in [-0.2, 0) is 6.61 Å². The highest BCUT2D eigenvalue weighted by Crippen LogP contribution is 2.21. The number of amides is 1. The first-order chi connectivity index (χ1) is 13.3. The Balaban J connectivity index is 1.39. The second-order valence-corrected chi connectivity index (χ2v) is 7.20. The lowest BCUT2D eigenvalue weighted by molar-refractivity contribution is 0.0761. The van der Waals surface area contributed by atoms with Gasteiger partial charge >= 0.3 is 0 Å². The van der Waals surface area contributed by atoms with E-state index in [0.717, 1.165) is 42.8 Å². The van der Waals surface area contributed by atoms with Crippen molar-refractivity contribution in [2.75, 3.05) is 13.1 Å². The number of fused-ring (bicyclic) bond motifs is 1. The van der Waals surface area contributed by atoms with E-state index in [0.29, 0.717) is 6.61 Å². The van der Waals surface area contributed by atoms with Crippen molar-refractivity contribution in [2.45, 2.75) is 32.3 Å². The zero-order valence-electron chi connectivity index (χ0n) is 15.6. The molecule has 3 heteroatoms. The van der Waals surface area contributed by atoms with E-state index in [9.17, 15) is 4.79 Å². The minimum absolute atomic E-state index is 0.152. The summed E-state index contributed by atoms with van der Waals surface area (Å²) in [5.74, 6) is 1.01. The van der Waals surface area contributed by atoms with Gasteiger partial charge in [0.2, 0.25) is 0 Å². The lowest BCUT2D eigenvalue weighted by Gasteiger charge is -2.20. The summed E-state index contributed by atoms with van der Waals surface area (Å²) in [6.07, 6.45) is 4.69. The summed E-state index contributed by atoms with van der Waals surface area (Å²) < 4.78 is 5.94. The standard InChI is InChI=1S/C24H25NO2/c26-24(25-15-5-1-2-6-16-25)21-11-9-19(10-12-21)18-27-23-14-13-20-7-3-4-8-22(20)17-23/h3-4,7-14,17H,1-2,5-6,15-16,18H2. The molecule has 1 fully saturated rings. The summed E-state index contributed by atoms with van der Waals surface area (Å²) in [4.78, 5) is 14.7. The lowest BCUT2D eigenvalue weighted by atomic mass is 10.1. The molecule has 1 amide bonds. The summed E-state index contributed by atoms with van der Waals surface area (Å²) in [6, 6.07) is 22.2. The number of ether oxygens (including phenoxy) is 1. The molecule has 1 saturated heterocycles. The highest BCUT2D eigenvalue weighted by Gasteiger charge is 2.17. The smallest absolute Gasteiger partial charge is 0.253 e. The molecule has 0 atom stereocenters. The first-order valence-corrected chi connectivity index (χ1v) is 9.79. The number of hydrogen-bond acceptors (Lipinski definition) is 2. The van der Waals surface area contributed by atoms with E-state index >= 15 is 0 Å². The second kappa shape index (κ2) is 8.26. The van der Waals surface area contributed by atoms with Crippen molar-refractivity contribution in [3.8, 4) is 5.75 Å². The van der Waals surface area contributed by atoms with Crippen LogP contribution in [0.15, 0.2) is 66.7 Å². The fourth-order valence-electron chi connectivity index (χ4n) is 3.62. The van der Waals surface area contributed by atoms with E-state index < -0.39 is 0 Å². The zero-order valence-corrected chi connectivity index (χ0v) is 15.6. The number of carbonyl (C=O) groups excluding carboxylic acids is 1. The van der Waals surface area contributed by atoms with Crippen molar-refractivity contribution in [1.82, 2.24) is 4.90 Å². The van der Waals surface area contributed by atoms with E-state index in [-0.39, 0.29) is 5.91 Å². The van der Waals surface area contributed by atoms with E-state index in [2.05, 4.69) is 24.3 Å². The van der Waals surface area contributed by atoms with E-state index in [4.69, 9.17) is 4.74 Å². The molecule has 0 aromatic heterocycles. The Labute approximate surface area is 160 Å². The first-order valence-electron chi connectivity index (χ1n) is 9.79. The van der Waals surface area contributed by atoms with Gasteiger partial charge in [-0.1, -0.05) is 55.3 Å². The molecule has 0 spiro atoms. The Bertz CT molecular complexity index is 909. The van der Waals surface area contributed by atoms with Crippen LogP contribution in [0.3, 0.4) is 0 Å². The molecular formula is C24H25NO2. The third-order valence-corrected chi connectivity index (χ3v) is 5.22. The van der Waals surface area contributed by atoms with Gasteiger partial charge < -0.3 is 9.64 Å². The molecule has 3 aromatic rings. The Kier molecular flexibility index (Phi) is 5.38. The van der Waals surface area contributed by atoms with Crippen molar-refractivity contribution in [3.05, 3.63) is 77.9 Å². The second-order valence-electron chi connectivity index (χ2n) is 7.20. The average Bonchev–Trinajstić information content (AvgIpc) is 3.01. The maximum Gasteiger partial charge on any atom is 0.253 e. The molecule has 0 bridgehead atoms. The Morgan fingerprint density at radius 2 is 1.52 bits per heavy atom. The molecule has 1 aliphatic heterocycles. The number of nitrogens with zero attached hydrogens (tertiary/aromatic N) is 1. The van der Waals surface area contributed by atoms with Gasteiger partial charge in [0.15, 0.2) is 0 Å². The molecule has 138 valence electrons. The topological polar surface area (TPSA) is 29.5 Å². The largest absolute Gasteiger partial charge is 0.489 e. The van der Waals surface area contributed by atoms with Crippen LogP contribution in [0.25, 0.3) is 10.8 Å². The highest BCUT2D eigenvalue weighted by atomic mass is 16.5. The van der Waals surface area contributed by atoms with E-state index in [1.807, 2.05) is 47.4 Å². The molecule has 0 aliphatic carbocycles. The van der Waals surface area contributed by atoms with Crippen molar-refractivity contribution < 1.29 is 9.53 Å². The summed E-state index contributed by atoms with van der Waals surface area (Å²) in [5.41, 5.74) is 1.84. The monoisotopic (exact) mass is 359 g/mol. The van der Waals surface area contributed by atoms with Gasteiger partial charge in [0.05, 0.1) is 0 Å². The van der Waals surface area contributed by atoms with Crippen molar-refractivity contribution in [2.24, 2.45) is 0 Å². The molecule has 0 N–H and O–H groups in total. The zero-order chi connectivity index (χ0) is 18.5. The fraction of sp³-hybridized carbons (Fsp3) is 0.292. The molecule has 3 aromatic carbocycles. The van der Waals surface area contributed by atoms with E-state index in [1.165, 1.54) is 23.6 Å². The number of likely N-dealkylation sites (tertiary alicyclic amines) is 1. The molecule has 4 rings (SSSR count). The maximum atomic E-state index is 12.7. The molecule has 0 unspecified atom stereocenters. The number of benzene rings is 3. The Morgan fingerprint density at radius 3 is 2.26 bits per heavy atom. The summed E-state index contributed by atoms with van der Waals surface area (Å²) in [5, 5.41) is 2.38. The van der Waals surface area contributed by atoms with Gasteiger partial charge in [0.25, 0.3) is 5.91 Å². The molecule has 0 saturated carbocycles. The average molecular weight is 359 g/mol. The van der Waals surface area contributed by atoms with Gasteiger partial charge in [-0.05, 0) is 53.4 Å². The van der Waals surface area contributed by atoms with E-state index in [1.54, 1.807) is 0 Å². The Hall–Kier alpha value is -2.81. The van der Waals surface area contributed by atoms with Gasteiger partial charge in [-0.15, -0.1) is 0 Å². The van der Waals surface area contributed by atoms with Gasteiger partial charge in [-0.3, -0.25) is 4.79 Å². The predicted molar refractivity (Wildman–Crippen MR) is 109 cm³/mol.